The molecule has 1 atom stereocenters. The first-order valence-electron chi connectivity index (χ1n) is 8.66. The van der Waals surface area contributed by atoms with Crippen LogP contribution < -0.4 is 10.1 Å². The molecule has 0 aliphatic heterocycles. The van der Waals surface area contributed by atoms with E-state index >= 15 is 0 Å². The van der Waals surface area contributed by atoms with Crippen molar-refractivity contribution in [2.45, 2.75) is 33.0 Å². The number of carbonyl (C=O) groups excluding carboxylic acids is 1. The number of ether oxygens (including phenoxy) is 1. The normalized spacial score (nSPS) is 11.8. The van der Waals surface area contributed by atoms with Crippen LogP contribution >= 0.6 is 0 Å². The second-order valence-electron chi connectivity index (χ2n) is 6.33. The third-order valence-electron chi connectivity index (χ3n) is 4.01. The first-order valence-corrected chi connectivity index (χ1v) is 8.66. The van der Waals surface area contributed by atoms with E-state index in [4.69, 9.17) is 4.74 Å². The van der Waals surface area contributed by atoms with Crippen LogP contribution in [0.1, 0.15) is 23.6 Å². The maximum atomic E-state index is 12.2. The molecule has 5 heteroatoms. The van der Waals surface area contributed by atoms with E-state index in [1.54, 1.807) is 13.1 Å². The molecule has 26 heavy (non-hydrogen) atoms. The van der Waals surface area contributed by atoms with E-state index in [9.17, 15) is 4.79 Å². The quantitative estimate of drug-likeness (QED) is 0.712. The van der Waals surface area contributed by atoms with E-state index in [0.29, 0.717) is 18.8 Å². The molecular formula is C21H23N3O2. The molecule has 3 rings (SSSR count). The molecule has 0 spiro atoms. The van der Waals surface area contributed by atoms with Crippen molar-refractivity contribution < 1.29 is 9.53 Å². The van der Waals surface area contributed by atoms with Crippen molar-refractivity contribution >= 4 is 5.91 Å². The van der Waals surface area contributed by atoms with Gasteiger partial charge in [-0.05, 0) is 37.1 Å². The maximum Gasteiger partial charge on any atom is 0.261 e. The number of rotatable bonds is 7. The number of carbonyl (C=O) groups is 1. The Kier molecular flexibility index (Phi) is 5.69. The molecule has 0 saturated carbocycles. The van der Waals surface area contributed by atoms with Gasteiger partial charge >= 0.3 is 0 Å². The molecule has 0 aliphatic rings. The maximum absolute atomic E-state index is 12.2. The van der Waals surface area contributed by atoms with E-state index in [-0.39, 0.29) is 5.91 Å². The zero-order valence-corrected chi connectivity index (χ0v) is 15.1. The molecule has 1 N–H and O–H groups in total. The summed E-state index contributed by atoms with van der Waals surface area (Å²) in [5.41, 5.74) is 3.24. The number of hydrogen-bond donors (Lipinski definition) is 1. The Bertz CT molecular complexity index is 858. The Balaban J connectivity index is 1.50. The molecule has 0 radical (unpaired) electrons. The third kappa shape index (κ3) is 4.96. The Morgan fingerprint density at radius 3 is 2.73 bits per heavy atom. The van der Waals surface area contributed by atoms with Crippen LogP contribution in [0.3, 0.4) is 0 Å². The molecule has 0 saturated heterocycles. The van der Waals surface area contributed by atoms with Gasteiger partial charge in [0.05, 0.1) is 12.7 Å². The van der Waals surface area contributed by atoms with Gasteiger partial charge in [-0.3, -0.25) is 9.48 Å². The average Bonchev–Trinajstić information content (AvgIpc) is 3.08. The molecular weight excluding hydrogens is 326 g/mol. The van der Waals surface area contributed by atoms with Crippen molar-refractivity contribution in [1.82, 2.24) is 15.1 Å². The SMILES string of the molecule is Cc1cccc(OC(C)C(=O)NCc2cnn(Cc3ccccc3)c2)c1. The molecule has 1 aromatic heterocycles. The monoisotopic (exact) mass is 349 g/mol. The van der Waals surface area contributed by atoms with Crippen molar-refractivity contribution in [2.75, 3.05) is 0 Å². The van der Waals surface area contributed by atoms with E-state index in [1.165, 1.54) is 5.56 Å². The Morgan fingerprint density at radius 1 is 1.15 bits per heavy atom. The van der Waals surface area contributed by atoms with Crippen LogP contribution in [0.5, 0.6) is 5.75 Å². The minimum Gasteiger partial charge on any atom is -0.481 e. The predicted molar refractivity (Wildman–Crippen MR) is 101 cm³/mol. The highest BCUT2D eigenvalue weighted by molar-refractivity contribution is 5.80. The number of hydrogen-bond acceptors (Lipinski definition) is 3. The second-order valence-corrected chi connectivity index (χ2v) is 6.33. The van der Waals surface area contributed by atoms with Gasteiger partial charge < -0.3 is 10.1 Å². The van der Waals surface area contributed by atoms with Gasteiger partial charge in [0, 0.05) is 18.3 Å². The molecule has 0 aliphatic carbocycles. The smallest absolute Gasteiger partial charge is 0.261 e. The van der Waals surface area contributed by atoms with Gasteiger partial charge in [-0.2, -0.15) is 5.10 Å². The molecule has 134 valence electrons. The molecule has 5 nitrogen and oxygen atoms in total. The van der Waals surface area contributed by atoms with Gasteiger partial charge in [0.1, 0.15) is 5.75 Å². The molecule has 1 unspecified atom stereocenters. The van der Waals surface area contributed by atoms with E-state index in [1.807, 2.05) is 60.3 Å². The number of aromatic nitrogens is 2. The number of benzene rings is 2. The van der Waals surface area contributed by atoms with Gasteiger partial charge in [-0.25, -0.2) is 0 Å². The first kappa shape index (κ1) is 17.7. The summed E-state index contributed by atoms with van der Waals surface area (Å²) in [5, 5.41) is 7.24. The number of aryl methyl sites for hydroxylation is 1. The highest BCUT2D eigenvalue weighted by Crippen LogP contribution is 2.14. The molecule has 1 amide bonds. The lowest BCUT2D eigenvalue weighted by Crippen LogP contribution is -2.35. The van der Waals surface area contributed by atoms with Crippen LogP contribution in [0.25, 0.3) is 0 Å². The number of nitrogens with zero attached hydrogens (tertiary/aromatic N) is 2. The molecule has 0 fully saturated rings. The fourth-order valence-electron chi connectivity index (χ4n) is 2.63. The van der Waals surface area contributed by atoms with Crippen molar-refractivity contribution in [2.24, 2.45) is 0 Å². The zero-order chi connectivity index (χ0) is 18.4. The van der Waals surface area contributed by atoms with E-state index < -0.39 is 6.10 Å². The van der Waals surface area contributed by atoms with Crippen LogP contribution in [0, 0.1) is 6.92 Å². The zero-order valence-electron chi connectivity index (χ0n) is 15.1. The molecule has 2 aromatic carbocycles. The number of amides is 1. The fourth-order valence-corrected chi connectivity index (χ4v) is 2.63. The highest BCUT2D eigenvalue weighted by Gasteiger charge is 2.14. The van der Waals surface area contributed by atoms with Crippen molar-refractivity contribution in [3.05, 3.63) is 83.7 Å². The van der Waals surface area contributed by atoms with Gasteiger partial charge in [-0.1, -0.05) is 42.5 Å². The van der Waals surface area contributed by atoms with Gasteiger partial charge in [0.15, 0.2) is 6.10 Å². The lowest BCUT2D eigenvalue weighted by molar-refractivity contribution is -0.127. The van der Waals surface area contributed by atoms with Crippen molar-refractivity contribution in [1.29, 1.82) is 0 Å². The lowest BCUT2D eigenvalue weighted by atomic mass is 10.2. The van der Waals surface area contributed by atoms with Crippen LogP contribution in [0.4, 0.5) is 0 Å². The van der Waals surface area contributed by atoms with E-state index in [2.05, 4.69) is 22.5 Å². The summed E-state index contributed by atoms with van der Waals surface area (Å²) < 4.78 is 7.56. The van der Waals surface area contributed by atoms with E-state index in [0.717, 1.165) is 11.1 Å². The summed E-state index contributed by atoms with van der Waals surface area (Å²) in [5.74, 6) is 0.547. The summed E-state index contributed by atoms with van der Waals surface area (Å²) in [6, 6.07) is 17.8. The van der Waals surface area contributed by atoms with Gasteiger partial charge in [0.2, 0.25) is 0 Å². The van der Waals surface area contributed by atoms with Crippen LogP contribution in [-0.2, 0) is 17.9 Å². The summed E-state index contributed by atoms with van der Waals surface area (Å²) in [4.78, 5) is 12.2. The topological polar surface area (TPSA) is 56.1 Å². The Hall–Kier alpha value is -3.08. The molecule has 0 bridgehead atoms. The van der Waals surface area contributed by atoms with Crippen LogP contribution in [-0.4, -0.2) is 21.8 Å². The van der Waals surface area contributed by atoms with Crippen LogP contribution in [0.2, 0.25) is 0 Å². The molecule has 1 heterocycles. The molecule has 3 aromatic rings. The Labute approximate surface area is 153 Å². The predicted octanol–water partition coefficient (Wildman–Crippen LogP) is 3.32. The van der Waals surface area contributed by atoms with Crippen molar-refractivity contribution in [3.8, 4) is 5.75 Å². The minimum absolute atomic E-state index is 0.151. The Morgan fingerprint density at radius 2 is 1.96 bits per heavy atom. The summed E-state index contributed by atoms with van der Waals surface area (Å²) >= 11 is 0. The summed E-state index contributed by atoms with van der Waals surface area (Å²) in [6.45, 7) is 4.87. The summed E-state index contributed by atoms with van der Waals surface area (Å²) in [7, 11) is 0. The summed E-state index contributed by atoms with van der Waals surface area (Å²) in [6.07, 6.45) is 3.16. The largest absolute Gasteiger partial charge is 0.481 e. The third-order valence-corrected chi connectivity index (χ3v) is 4.01. The minimum atomic E-state index is -0.559. The number of nitrogens with one attached hydrogen (secondary N) is 1. The lowest BCUT2D eigenvalue weighted by Gasteiger charge is -2.14. The van der Waals surface area contributed by atoms with Gasteiger partial charge in [0.25, 0.3) is 5.91 Å². The standard InChI is InChI=1S/C21H23N3O2/c1-16-7-6-10-20(11-16)26-17(2)21(25)22-12-19-13-23-24(15-19)14-18-8-4-3-5-9-18/h3-11,13,15,17H,12,14H2,1-2H3,(H,22,25). The second kappa shape index (κ2) is 8.34. The van der Waals surface area contributed by atoms with Crippen LogP contribution in [0.15, 0.2) is 67.0 Å². The fraction of sp³-hybridized carbons (Fsp3) is 0.238. The highest BCUT2D eigenvalue weighted by atomic mass is 16.5. The first-order chi connectivity index (χ1) is 12.6. The average molecular weight is 349 g/mol. The van der Waals surface area contributed by atoms with Gasteiger partial charge in [-0.15, -0.1) is 0 Å². The van der Waals surface area contributed by atoms with Crippen molar-refractivity contribution in [3.63, 3.8) is 0 Å².